The lowest BCUT2D eigenvalue weighted by molar-refractivity contribution is 0.0960. The van der Waals surface area contributed by atoms with Gasteiger partial charge in [0.05, 0.1) is 12.6 Å². The Morgan fingerprint density at radius 2 is 2.27 bits per heavy atom. The van der Waals surface area contributed by atoms with Crippen molar-refractivity contribution in [3.63, 3.8) is 0 Å². The predicted molar refractivity (Wildman–Crippen MR) is 58.0 cm³/mol. The molecule has 0 amide bonds. The van der Waals surface area contributed by atoms with Gasteiger partial charge in [0, 0.05) is 25.5 Å². The summed E-state index contributed by atoms with van der Waals surface area (Å²) in [6.07, 6.45) is 7.14. The minimum atomic E-state index is 0.0901. The first-order chi connectivity index (χ1) is 7.31. The summed E-state index contributed by atoms with van der Waals surface area (Å²) in [6, 6.07) is 0. The van der Waals surface area contributed by atoms with Crippen molar-refractivity contribution in [2.24, 2.45) is 0 Å². The summed E-state index contributed by atoms with van der Waals surface area (Å²) in [5.74, 6) is 0. The highest BCUT2D eigenvalue weighted by Crippen LogP contribution is 2.12. The van der Waals surface area contributed by atoms with Crippen LogP contribution in [0.3, 0.4) is 0 Å². The van der Waals surface area contributed by atoms with Gasteiger partial charge in [-0.3, -0.25) is 9.13 Å². The lowest BCUT2D eigenvalue weighted by Crippen LogP contribution is -2.28. The fraction of sp³-hybridized carbons (Fsp3) is 0.727. The summed E-state index contributed by atoms with van der Waals surface area (Å²) in [5.41, 5.74) is 0.0901. The number of imidazole rings is 1. The molecule has 0 N–H and O–H groups in total. The summed E-state index contributed by atoms with van der Waals surface area (Å²) < 4.78 is 9.03. The third-order valence-electron chi connectivity index (χ3n) is 2.81. The molecule has 15 heavy (non-hydrogen) atoms. The maximum atomic E-state index is 11.8. The molecule has 4 heteroatoms. The van der Waals surface area contributed by atoms with E-state index in [4.69, 9.17) is 4.74 Å². The number of rotatable bonds is 4. The van der Waals surface area contributed by atoms with Crippen LogP contribution in [0.5, 0.6) is 0 Å². The van der Waals surface area contributed by atoms with Crippen molar-refractivity contribution in [1.29, 1.82) is 0 Å². The van der Waals surface area contributed by atoms with E-state index in [1.807, 2.05) is 12.4 Å². The number of aryl methyl sites for hydroxylation is 1. The van der Waals surface area contributed by atoms with E-state index in [1.165, 1.54) is 0 Å². The molecule has 2 heterocycles. The van der Waals surface area contributed by atoms with Gasteiger partial charge in [-0.05, 0) is 19.3 Å². The fourth-order valence-corrected chi connectivity index (χ4v) is 2.01. The molecule has 1 atom stereocenters. The van der Waals surface area contributed by atoms with E-state index in [9.17, 15) is 4.79 Å². The van der Waals surface area contributed by atoms with Crippen LogP contribution in [0.25, 0.3) is 0 Å². The predicted octanol–water partition coefficient (Wildman–Crippen LogP) is 1.24. The zero-order chi connectivity index (χ0) is 10.7. The van der Waals surface area contributed by atoms with Gasteiger partial charge in [-0.15, -0.1) is 0 Å². The van der Waals surface area contributed by atoms with E-state index in [0.29, 0.717) is 6.54 Å². The largest absolute Gasteiger partial charge is 0.376 e. The van der Waals surface area contributed by atoms with Crippen LogP contribution in [0.2, 0.25) is 0 Å². The average Bonchev–Trinajstić information content (AvgIpc) is 2.83. The van der Waals surface area contributed by atoms with Gasteiger partial charge in [-0.1, -0.05) is 6.92 Å². The van der Waals surface area contributed by atoms with Crippen molar-refractivity contribution in [3.8, 4) is 0 Å². The van der Waals surface area contributed by atoms with Crippen molar-refractivity contribution in [1.82, 2.24) is 9.13 Å². The summed E-state index contributed by atoms with van der Waals surface area (Å²) >= 11 is 0. The van der Waals surface area contributed by atoms with E-state index >= 15 is 0 Å². The average molecular weight is 210 g/mol. The van der Waals surface area contributed by atoms with Gasteiger partial charge in [0.25, 0.3) is 0 Å². The van der Waals surface area contributed by atoms with Crippen LogP contribution in [-0.4, -0.2) is 21.8 Å². The molecule has 1 aliphatic heterocycles. The zero-order valence-corrected chi connectivity index (χ0v) is 9.19. The molecule has 0 aromatic carbocycles. The molecule has 2 rings (SSSR count). The van der Waals surface area contributed by atoms with Gasteiger partial charge in [0.15, 0.2) is 0 Å². The van der Waals surface area contributed by atoms with Gasteiger partial charge < -0.3 is 4.74 Å². The first-order valence-electron chi connectivity index (χ1n) is 5.68. The van der Waals surface area contributed by atoms with E-state index < -0.39 is 0 Å². The highest BCUT2D eigenvalue weighted by Gasteiger charge is 2.17. The van der Waals surface area contributed by atoms with Crippen molar-refractivity contribution >= 4 is 0 Å². The van der Waals surface area contributed by atoms with E-state index in [-0.39, 0.29) is 11.8 Å². The van der Waals surface area contributed by atoms with Gasteiger partial charge in [0.1, 0.15) is 0 Å². The fourth-order valence-electron chi connectivity index (χ4n) is 2.01. The normalized spacial score (nSPS) is 21.0. The van der Waals surface area contributed by atoms with Crippen molar-refractivity contribution < 1.29 is 4.74 Å². The molecule has 1 unspecified atom stereocenters. The summed E-state index contributed by atoms with van der Waals surface area (Å²) in [6.45, 7) is 4.42. The monoisotopic (exact) mass is 210 g/mol. The minimum Gasteiger partial charge on any atom is -0.376 e. The number of nitrogens with zero attached hydrogens (tertiary/aromatic N) is 2. The molecule has 0 bridgehead atoms. The number of hydrogen-bond donors (Lipinski definition) is 0. The summed E-state index contributed by atoms with van der Waals surface area (Å²) in [7, 11) is 0. The molecule has 1 fully saturated rings. The number of hydrogen-bond acceptors (Lipinski definition) is 2. The van der Waals surface area contributed by atoms with Gasteiger partial charge in [0.2, 0.25) is 0 Å². The quantitative estimate of drug-likeness (QED) is 0.749. The first kappa shape index (κ1) is 10.5. The molecule has 0 radical (unpaired) electrons. The molecule has 84 valence electrons. The molecule has 0 spiro atoms. The second-order valence-electron chi connectivity index (χ2n) is 4.06. The highest BCUT2D eigenvalue weighted by molar-refractivity contribution is 4.83. The second-order valence-corrected chi connectivity index (χ2v) is 4.06. The van der Waals surface area contributed by atoms with Crippen LogP contribution in [0.4, 0.5) is 0 Å². The summed E-state index contributed by atoms with van der Waals surface area (Å²) in [5, 5.41) is 0. The first-order valence-corrected chi connectivity index (χ1v) is 5.68. The Kier molecular flexibility index (Phi) is 3.26. The molecular weight excluding hydrogens is 192 g/mol. The Bertz CT molecular complexity index is 361. The van der Waals surface area contributed by atoms with Crippen LogP contribution in [0.1, 0.15) is 26.2 Å². The maximum absolute atomic E-state index is 11.8. The lowest BCUT2D eigenvalue weighted by atomic mass is 10.2. The smallest absolute Gasteiger partial charge is 0.328 e. The number of ether oxygens (including phenoxy) is 1. The van der Waals surface area contributed by atoms with Crippen LogP contribution in [0, 0.1) is 0 Å². The van der Waals surface area contributed by atoms with Crippen LogP contribution < -0.4 is 5.69 Å². The molecular formula is C11H18N2O2. The van der Waals surface area contributed by atoms with E-state index in [1.54, 1.807) is 9.13 Å². The molecule has 1 aromatic rings. The Balaban J connectivity index is 2.04. The van der Waals surface area contributed by atoms with Crippen LogP contribution >= 0.6 is 0 Å². The zero-order valence-electron chi connectivity index (χ0n) is 9.19. The third-order valence-corrected chi connectivity index (χ3v) is 2.81. The standard InChI is InChI=1S/C11H18N2O2/c1-2-5-12-6-7-13(11(12)14)9-10-4-3-8-15-10/h6-7,10H,2-5,8-9H2,1H3. The Hall–Kier alpha value is -1.03. The van der Waals surface area contributed by atoms with Crippen molar-refractivity contribution in [3.05, 3.63) is 22.9 Å². The van der Waals surface area contributed by atoms with Gasteiger partial charge in [-0.25, -0.2) is 4.79 Å². The highest BCUT2D eigenvalue weighted by atomic mass is 16.5. The van der Waals surface area contributed by atoms with Crippen LogP contribution in [0.15, 0.2) is 17.2 Å². The van der Waals surface area contributed by atoms with Crippen molar-refractivity contribution in [2.45, 2.75) is 45.4 Å². The van der Waals surface area contributed by atoms with Crippen molar-refractivity contribution in [2.75, 3.05) is 6.61 Å². The van der Waals surface area contributed by atoms with Gasteiger partial charge in [-0.2, -0.15) is 0 Å². The molecule has 0 saturated carbocycles. The Labute approximate surface area is 89.5 Å². The molecule has 1 aromatic heterocycles. The minimum absolute atomic E-state index is 0.0901. The van der Waals surface area contributed by atoms with E-state index in [0.717, 1.165) is 32.4 Å². The van der Waals surface area contributed by atoms with Gasteiger partial charge >= 0.3 is 5.69 Å². The Morgan fingerprint density at radius 1 is 1.47 bits per heavy atom. The summed E-state index contributed by atoms with van der Waals surface area (Å²) in [4.78, 5) is 11.8. The Morgan fingerprint density at radius 3 is 2.93 bits per heavy atom. The number of aromatic nitrogens is 2. The second kappa shape index (κ2) is 4.66. The third kappa shape index (κ3) is 2.31. The molecule has 0 aliphatic carbocycles. The maximum Gasteiger partial charge on any atom is 0.328 e. The van der Waals surface area contributed by atoms with Crippen LogP contribution in [-0.2, 0) is 17.8 Å². The molecule has 4 nitrogen and oxygen atoms in total. The van der Waals surface area contributed by atoms with E-state index in [2.05, 4.69) is 6.92 Å². The topological polar surface area (TPSA) is 36.2 Å². The lowest BCUT2D eigenvalue weighted by Gasteiger charge is -2.08. The SMILES string of the molecule is CCCn1ccn(CC2CCCO2)c1=O. The molecule has 1 saturated heterocycles. The molecule has 1 aliphatic rings.